The second kappa shape index (κ2) is 13.5. The van der Waals surface area contributed by atoms with Crippen LogP contribution in [0.5, 0.6) is 0 Å². The molecule has 0 amide bonds. The largest absolute Gasteiger partial charge is 0.0897 e. The maximum Gasteiger partial charge on any atom is 0 e. The zero-order valence-electron chi connectivity index (χ0n) is 19.6. The zero-order chi connectivity index (χ0) is 20.7. The average Bonchev–Trinajstić information content (AvgIpc) is 2.67. The van der Waals surface area contributed by atoms with Crippen LogP contribution < -0.4 is 5.30 Å². The summed E-state index contributed by atoms with van der Waals surface area (Å²) in [4.78, 5) is 0. The zero-order valence-corrected chi connectivity index (χ0v) is 21.3. The molecule has 2 heteroatoms. The molecule has 2 rings (SSSR count). The summed E-state index contributed by atoms with van der Waals surface area (Å²) >= 11 is 0. The van der Waals surface area contributed by atoms with E-state index < -0.39 is 0 Å². The Morgan fingerprint density at radius 3 is 1.86 bits per heavy atom. The van der Waals surface area contributed by atoms with E-state index in [2.05, 4.69) is 84.9 Å². The smallest absolute Gasteiger partial charge is 0 e. The van der Waals surface area contributed by atoms with E-state index in [0.29, 0.717) is 17.8 Å². The van der Waals surface area contributed by atoms with Gasteiger partial charge in [0, 0.05) is 37.7 Å². The summed E-state index contributed by atoms with van der Waals surface area (Å²) < 4.78 is 0. The minimum Gasteiger partial charge on any atom is -0.0897 e. The molecular weight excluding hydrogens is 395 g/mol. The van der Waals surface area contributed by atoms with Gasteiger partial charge in [0.25, 0.3) is 0 Å². The average molecular weight is 437 g/mol. The summed E-state index contributed by atoms with van der Waals surface area (Å²) in [5.74, 6) is 1.64. The van der Waals surface area contributed by atoms with Gasteiger partial charge in [0.15, 0.2) is 0 Å². The van der Waals surface area contributed by atoms with Crippen LogP contribution in [0.4, 0.5) is 0 Å². The van der Waals surface area contributed by atoms with Gasteiger partial charge in [0.2, 0.25) is 0 Å². The third kappa shape index (κ3) is 7.64. The Kier molecular flexibility index (Phi) is 12.7. The van der Waals surface area contributed by atoms with E-state index >= 15 is 0 Å². The number of hydrogen-bond acceptors (Lipinski definition) is 0. The van der Waals surface area contributed by atoms with E-state index in [0.717, 1.165) is 8.58 Å². The quantitative estimate of drug-likeness (QED) is 0.258. The molecular formula is C27H41ArP. The van der Waals surface area contributed by atoms with Crippen LogP contribution in [0.2, 0.25) is 0 Å². The van der Waals surface area contributed by atoms with Gasteiger partial charge < -0.3 is 0 Å². The molecule has 0 saturated heterocycles. The SMILES string of the molecule is CCCCCCPc1ccccc1-c1c(C(C)C)cc(C(C)C)cc1C(C)C.[Ar]. The molecule has 162 valence electrons. The van der Waals surface area contributed by atoms with E-state index in [1.165, 1.54) is 59.7 Å². The standard InChI is InChI=1S/C27H41P.Ar/c1-8-9-10-13-16-28-26-15-12-11-14-23(26)27-24(20(4)5)17-22(19(2)3)18-25(27)21(6)7;/h11-12,14-15,17-21,28H,8-10,13,16H2,1-7H3;. The second-order valence-corrected chi connectivity index (χ2v) is 10.5. The molecule has 29 heavy (non-hydrogen) atoms. The van der Waals surface area contributed by atoms with Crippen molar-refractivity contribution in [3.8, 4) is 11.1 Å². The molecule has 1 unspecified atom stereocenters. The molecule has 1 atom stereocenters. The van der Waals surface area contributed by atoms with Crippen molar-refractivity contribution in [2.75, 3.05) is 6.16 Å². The Morgan fingerprint density at radius 1 is 0.759 bits per heavy atom. The predicted octanol–water partition coefficient (Wildman–Crippen LogP) is 8.61. The molecule has 0 aliphatic rings. The maximum absolute atomic E-state index is 2.48. The van der Waals surface area contributed by atoms with Crippen LogP contribution in [-0.4, -0.2) is 6.16 Å². The van der Waals surface area contributed by atoms with Gasteiger partial charge in [0.1, 0.15) is 0 Å². The Balaban J connectivity index is 0.00000420. The molecule has 0 N–H and O–H groups in total. The van der Waals surface area contributed by atoms with Gasteiger partial charge in [-0.25, -0.2) is 0 Å². The van der Waals surface area contributed by atoms with Gasteiger partial charge in [-0.3, -0.25) is 0 Å². The van der Waals surface area contributed by atoms with Crippen LogP contribution in [0.15, 0.2) is 36.4 Å². The van der Waals surface area contributed by atoms with Crippen molar-refractivity contribution < 1.29 is 37.7 Å². The maximum atomic E-state index is 2.48. The van der Waals surface area contributed by atoms with Crippen molar-refractivity contribution in [3.05, 3.63) is 53.1 Å². The number of unbranched alkanes of at least 4 members (excludes halogenated alkanes) is 3. The normalized spacial score (nSPS) is 11.8. The first-order chi connectivity index (χ1) is 13.4. The molecule has 0 radical (unpaired) electrons. The third-order valence-electron chi connectivity index (χ3n) is 5.67. The van der Waals surface area contributed by atoms with Crippen molar-refractivity contribution in [2.45, 2.75) is 91.9 Å². The number of benzene rings is 2. The van der Waals surface area contributed by atoms with Crippen LogP contribution in [0.25, 0.3) is 11.1 Å². The van der Waals surface area contributed by atoms with Crippen LogP contribution in [0, 0.1) is 37.7 Å². The molecule has 0 fully saturated rings. The first kappa shape index (κ1) is 27.2. The fraction of sp³-hybridized carbons (Fsp3) is 0.556. The fourth-order valence-corrected chi connectivity index (χ4v) is 5.21. The van der Waals surface area contributed by atoms with Gasteiger partial charge >= 0.3 is 0 Å². The van der Waals surface area contributed by atoms with Crippen LogP contribution in [0.3, 0.4) is 0 Å². The summed E-state index contributed by atoms with van der Waals surface area (Å²) in [6.45, 7) is 16.3. The van der Waals surface area contributed by atoms with Crippen molar-refractivity contribution in [1.82, 2.24) is 0 Å². The fourth-order valence-electron chi connectivity index (χ4n) is 3.90. The van der Waals surface area contributed by atoms with Crippen LogP contribution in [0.1, 0.15) is 109 Å². The summed E-state index contributed by atoms with van der Waals surface area (Å²) in [5, 5.41) is 1.56. The minimum atomic E-state index is 0. The summed E-state index contributed by atoms with van der Waals surface area (Å²) in [5.41, 5.74) is 7.54. The Morgan fingerprint density at radius 2 is 1.34 bits per heavy atom. The molecule has 0 bridgehead atoms. The first-order valence-electron chi connectivity index (χ1n) is 11.4. The van der Waals surface area contributed by atoms with Gasteiger partial charge in [-0.2, -0.15) is 0 Å². The molecule has 2 aromatic carbocycles. The molecule has 0 aliphatic carbocycles. The van der Waals surface area contributed by atoms with Gasteiger partial charge in [-0.05, 0) is 63.5 Å². The van der Waals surface area contributed by atoms with E-state index in [-0.39, 0.29) is 37.7 Å². The van der Waals surface area contributed by atoms with E-state index in [4.69, 9.17) is 0 Å². The molecule has 0 nitrogen and oxygen atoms in total. The van der Waals surface area contributed by atoms with Crippen LogP contribution in [-0.2, 0) is 0 Å². The topological polar surface area (TPSA) is 0 Å². The number of hydrogen-bond donors (Lipinski definition) is 0. The van der Waals surface area contributed by atoms with Crippen molar-refractivity contribution in [3.63, 3.8) is 0 Å². The van der Waals surface area contributed by atoms with Crippen molar-refractivity contribution in [2.24, 2.45) is 0 Å². The summed E-state index contributed by atoms with van der Waals surface area (Å²) in [6.07, 6.45) is 6.76. The predicted molar refractivity (Wildman–Crippen MR) is 131 cm³/mol. The Labute approximate surface area is 212 Å². The van der Waals surface area contributed by atoms with Crippen molar-refractivity contribution in [1.29, 1.82) is 0 Å². The van der Waals surface area contributed by atoms with Crippen LogP contribution >= 0.6 is 8.58 Å². The van der Waals surface area contributed by atoms with E-state index in [1.807, 2.05) is 0 Å². The number of rotatable bonds is 10. The summed E-state index contributed by atoms with van der Waals surface area (Å²) in [7, 11) is 0.913. The van der Waals surface area contributed by atoms with Crippen molar-refractivity contribution >= 4 is 13.9 Å². The Hall–Kier alpha value is 0.130. The minimum absolute atomic E-state index is 0. The molecule has 0 aliphatic heterocycles. The molecule has 2 aromatic rings. The second-order valence-electron chi connectivity index (χ2n) is 9.07. The monoisotopic (exact) mass is 436 g/mol. The molecule has 0 aromatic heterocycles. The molecule has 0 heterocycles. The molecule has 0 spiro atoms. The van der Waals surface area contributed by atoms with Gasteiger partial charge in [0.05, 0.1) is 0 Å². The van der Waals surface area contributed by atoms with E-state index in [9.17, 15) is 0 Å². The first-order valence-corrected chi connectivity index (χ1v) is 12.6. The van der Waals surface area contributed by atoms with E-state index in [1.54, 1.807) is 5.30 Å². The summed E-state index contributed by atoms with van der Waals surface area (Å²) in [6, 6.07) is 14.2. The van der Waals surface area contributed by atoms with Gasteiger partial charge in [-0.15, -0.1) is 0 Å². The molecule has 0 saturated carbocycles. The third-order valence-corrected chi connectivity index (χ3v) is 7.10. The Bertz CT molecular complexity index is 717. The van der Waals surface area contributed by atoms with Gasteiger partial charge in [-0.1, -0.05) is 113 Å².